The fourth-order valence-electron chi connectivity index (χ4n) is 2.79. The van der Waals surface area contributed by atoms with E-state index in [4.69, 9.17) is 5.11 Å². The van der Waals surface area contributed by atoms with Crippen molar-refractivity contribution in [3.8, 4) is 0 Å². The molecule has 0 radical (unpaired) electrons. The molecule has 3 rings (SSSR count). The van der Waals surface area contributed by atoms with Crippen molar-refractivity contribution in [1.82, 2.24) is 9.13 Å². The molecule has 0 bridgehead atoms. The number of hydrogen-bond acceptors (Lipinski definition) is 5. The third kappa shape index (κ3) is 3.26. The minimum absolute atomic E-state index is 0.263. The molecule has 26 heavy (non-hydrogen) atoms. The summed E-state index contributed by atoms with van der Waals surface area (Å²) < 4.78 is 3.03. The van der Waals surface area contributed by atoms with Crippen LogP contribution in [0.4, 0.5) is 0 Å². The number of nitrogens with zero attached hydrogens (tertiary/aromatic N) is 2. The minimum atomic E-state index is -1.23. The van der Waals surface area contributed by atoms with Gasteiger partial charge in [-0.25, -0.2) is 9.36 Å². The third-order valence-electron chi connectivity index (χ3n) is 4.05. The van der Waals surface area contributed by atoms with Gasteiger partial charge in [0.05, 0.1) is 15.7 Å². The molecule has 0 aliphatic carbocycles. The zero-order valence-electron chi connectivity index (χ0n) is 14.0. The number of benzene rings is 1. The summed E-state index contributed by atoms with van der Waals surface area (Å²) in [5, 5.41) is 9.49. The van der Waals surface area contributed by atoms with E-state index in [9.17, 15) is 14.4 Å². The van der Waals surface area contributed by atoms with Crippen molar-refractivity contribution in [3.63, 3.8) is 0 Å². The molecule has 0 atom stereocenters. The van der Waals surface area contributed by atoms with Gasteiger partial charge in [0.2, 0.25) is 0 Å². The molecule has 6 nitrogen and oxygen atoms in total. The van der Waals surface area contributed by atoms with Crippen LogP contribution < -0.4 is 11.2 Å². The summed E-state index contributed by atoms with van der Waals surface area (Å²) in [6, 6.07) is 7.70. The Hall–Kier alpha value is -1.84. The van der Waals surface area contributed by atoms with Crippen LogP contribution in [-0.2, 0) is 17.9 Å². The van der Waals surface area contributed by atoms with Gasteiger partial charge in [0.1, 0.15) is 11.4 Å². The van der Waals surface area contributed by atoms with Gasteiger partial charge in [0.25, 0.3) is 5.56 Å². The van der Waals surface area contributed by atoms with Crippen molar-refractivity contribution in [2.24, 2.45) is 0 Å². The Morgan fingerprint density at radius 2 is 1.96 bits per heavy atom. The Morgan fingerprint density at radius 3 is 2.62 bits per heavy atom. The number of thioether (sulfide) groups is 1. The highest BCUT2D eigenvalue weighted by molar-refractivity contribution is 9.11. The number of aromatic nitrogens is 2. The smallest absolute Gasteiger partial charge is 0.332 e. The Labute approximate surface area is 165 Å². The summed E-state index contributed by atoms with van der Waals surface area (Å²) in [4.78, 5) is 38.3. The zero-order valence-corrected chi connectivity index (χ0v) is 17.2. The van der Waals surface area contributed by atoms with Gasteiger partial charge in [-0.3, -0.25) is 14.2 Å². The van der Waals surface area contributed by atoms with Crippen LogP contribution in [0.5, 0.6) is 0 Å². The van der Waals surface area contributed by atoms with Gasteiger partial charge in [-0.15, -0.1) is 23.1 Å². The highest BCUT2D eigenvalue weighted by Gasteiger charge is 2.20. The van der Waals surface area contributed by atoms with E-state index in [0.717, 1.165) is 18.8 Å². The molecule has 3 aromatic rings. The molecule has 0 fully saturated rings. The number of thiophene rings is 1. The van der Waals surface area contributed by atoms with Gasteiger partial charge in [-0.05, 0) is 46.3 Å². The monoisotopic (exact) mass is 454 g/mol. The topological polar surface area (TPSA) is 81.3 Å². The largest absolute Gasteiger partial charge is 0.480 e. The third-order valence-corrected chi connectivity index (χ3v) is 7.07. The van der Waals surface area contributed by atoms with Crippen LogP contribution in [0.2, 0.25) is 0 Å². The molecule has 0 aliphatic heterocycles. The second-order valence-electron chi connectivity index (χ2n) is 5.65. The number of aryl methyl sites for hydroxylation is 1. The fraction of sp³-hybridized carbons (Fsp3) is 0.235. The zero-order chi connectivity index (χ0) is 19.0. The van der Waals surface area contributed by atoms with Crippen LogP contribution in [0.25, 0.3) is 10.2 Å². The number of fused-ring (bicyclic) bond motifs is 1. The lowest BCUT2D eigenvalue weighted by Gasteiger charge is -2.13. The number of rotatable bonds is 5. The van der Waals surface area contributed by atoms with E-state index >= 15 is 0 Å². The van der Waals surface area contributed by atoms with E-state index in [2.05, 4.69) is 15.9 Å². The van der Waals surface area contributed by atoms with Gasteiger partial charge >= 0.3 is 11.7 Å². The second kappa shape index (κ2) is 7.42. The van der Waals surface area contributed by atoms with Crippen LogP contribution in [0.3, 0.4) is 0 Å². The molecule has 2 aromatic heterocycles. The average molecular weight is 455 g/mol. The van der Waals surface area contributed by atoms with Crippen molar-refractivity contribution >= 4 is 55.2 Å². The number of carboxylic acids is 1. The average Bonchev–Trinajstić information content (AvgIpc) is 2.90. The molecule has 0 saturated carbocycles. The van der Waals surface area contributed by atoms with E-state index < -0.39 is 23.8 Å². The number of hydrogen-bond donors (Lipinski definition) is 1. The lowest BCUT2D eigenvalue weighted by molar-refractivity contribution is -0.137. The maximum Gasteiger partial charge on any atom is 0.332 e. The Balaban J connectivity index is 2.33. The first-order valence-corrected chi connectivity index (χ1v) is 10.4. The van der Waals surface area contributed by atoms with E-state index in [-0.39, 0.29) is 6.54 Å². The van der Waals surface area contributed by atoms with E-state index in [0.29, 0.717) is 15.8 Å². The van der Waals surface area contributed by atoms with Crippen molar-refractivity contribution in [3.05, 3.63) is 60.0 Å². The Bertz CT molecular complexity index is 1130. The van der Waals surface area contributed by atoms with E-state index in [1.165, 1.54) is 15.9 Å². The minimum Gasteiger partial charge on any atom is -0.480 e. The predicted molar refractivity (Wildman–Crippen MR) is 108 cm³/mol. The van der Waals surface area contributed by atoms with Gasteiger partial charge in [0.15, 0.2) is 0 Å². The molecule has 1 aromatic carbocycles. The van der Waals surface area contributed by atoms with Crippen molar-refractivity contribution in [2.75, 3.05) is 6.26 Å². The molecule has 136 valence electrons. The molecule has 0 unspecified atom stereocenters. The number of halogens is 1. The lowest BCUT2D eigenvalue weighted by atomic mass is 10.2. The highest BCUT2D eigenvalue weighted by Crippen LogP contribution is 2.33. The molecular weight excluding hydrogens is 440 g/mol. The van der Waals surface area contributed by atoms with Crippen LogP contribution in [-0.4, -0.2) is 26.5 Å². The van der Waals surface area contributed by atoms with E-state index in [1.807, 2.05) is 30.5 Å². The number of aliphatic carboxylic acids is 1. The Morgan fingerprint density at radius 1 is 1.27 bits per heavy atom. The second-order valence-corrected chi connectivity index (χ2v) is 8.81. The Kier molecular flexibility index (Phi) is 5.40. The summed E-state index contributed by atoms with van der Waals surface area (Å²) >= 11 is 6.30. The number of carbonyl (C=O) groups is 1. The van der Waals surface area contributed by atoms with E-state index in [1.54, 1.807) is 18.7 Å². The fourth-order valence-corrected chi connectivity index (χ4v) is 5.07. The summed E-state index contributed by atoms with van der Waals surface area (Å²) in [5.74, 6) is -1.23. The quantitative estimate of drug-likeness (QED) is 0.598. The van der Waals surface area contributed by atoms with Crippen LogP contribution in [0.15, 0.2) is 42.5 Å². The summed E-state index contributed by atoms with van der Waals surface area (Å²) in [6.45, 7) is 1.38. The van der Waals surface area contributed by atoms with Crippen molar-refractivity contribution < 1.29 is 9.90 Å². The van der Waals surface area contributed by atoms with Crippen LogP contribution in [0, 0.1) is 6.92 Å². The maximum atomic E-state index is 12.9. The highest BCUT2D eigenvalue weighted by atomic mass is 79.9. The van der Waals surface area contributed by atoms with Gasteiger partial charge < -0.3 is 5.11 Å². The molecule has 9 heteroatoms. The first-order chi connectivity index (χ1) is 12.3. The first kappa shape index (κ1) is 18.9. The SMILES string of the molecule is CSc1ccccc1Cn1c(=O)n(CC(=O)O)c(=O)c2c(C)c(Br)sc21. The first-order valence-electron chi connectivity index (χ1n) is 7.61. The molecule has 0 aliphatic rings. The number of carboxylic acid groups (broad SMARTS) is 1. The standard InChI is InChI=1S/C17H15BrN2O4S2/c1-9-13-15(23)19(8-12(21)22)17(24)20(16(13)26-14(9)18)7-10-5-3-4-6-11(10)25-2/h3-6H,7-8H2,1-2H3,(H,21,22). The predicted octanol–water partition coefficient (Wildman–Crippen LogP) is 3.15. The van der Waals surface area contributed by atoms with Gasteiger partial charge in [-0.1, -0.05) is 18.2 Å². The van der Waals surface area contributed by atoms with Crippen LogP contribution >= 0.6 is 39.0 Å². The van der Waals surface area contributed by atoms with Gasteiger partial charge in [0, 0.05) is 4.90 Å². The summed E-state index contributed by atoms with van der Waals surface area (Å²) in [7, 11) is 0. The van der Waals surface area contributed by atoms with Crippen molar-refractivity contribution in [2.45, 2.75) is 24.9 Å². The molecule has 0 saturated heterocycles. The van der Waals surface area contributed by atoms with Gasteiger partial charge in [-0.2, -0.15) is 0 Å². The summed E-state index contributed by atoms with van der Waals surface area (Å²) in [6.07, 6.45) is 1.95. The molecule has 0 spiro atoms. The lowest BCUT2D eigenvalue weighted by Crippen LogP contribution is -2.41. The molecule has 1 N–H and O–H groups in total. The molecule has 2 heterocycles. The van der Waals surface area contributed by atoms with Crippen LogP contribution in [0.1, 0.15) is 11.1 Å². The summed E-state index contributed by atoms with van der Waals surface area (Å²) in [5.41, 5.74) is 0.461. The maximum absolute atomic E-state index is 12.9. The normalized spacial score (nSPS) is 11.2. The molecular formula is C17H15BrN2O4S2. The molecule has 0 amide bonds. The van der Waals surface area contributed by atoms with Crippen molar-refractivity contribution in [1.29, 1.82) is 0 Å².